The SMILES string of the molecule is CCN(CC)c1nc2sc(C(=O)NCCOc3ccccc3OC)cc2s1. The first-order valence-corrected chi connectivity index (χ1v) is 10.5. The molecule has 0 radical (unpaired) electrons. The molecule has 1 amide bonds. The number of thiazole rings is 1. The first-order valence-electron chi connectivity index (χ1n) is 8.85. The molecule has 0 saturated carbocycles. The smallest absolute Gasteiger partial charge is 0.261 e. The number of amides is 1. The van der Waals surface area contributed by atoms with Crippen LogP contribution in [0.2, 0.25) is 0 Å². The van der Waals surface area contributed by atoms with Gasteiger partial charge in [-0.15, -0.1) is 11.3 Å². The van der Waals surface area contributed by atoms with Crippen molar-refractivity contribution in [2.75, 3.05) is 38.3 Å². The number of thiophene rings is 1. The van der Waals surface area contributed by atoms with Gasteiger partial charge in [-0.25, -0.2) is 4.98 Å². The molecule has 0 fully saturated rings. The lowest BCUT2D eigenvalue weighted by Gasteiger charge is -2.16. The molecule has 0 saturated heterocycles. The summed E-state index contributed by atoms with van der Waals surface area (Å²) in [4.78, 5) is 20.8. The highest BCUT2D eigenvalue weighted by Crippen LogP contribution is 2.34. The average molecular weight is 406 g/mol. The standard InChI is InChI=1S/C19H23N3O3S2/c1-4-22(5-2)19-21-18-16(27-19)12-15(26-18)17(23)20-10-11-25-14-9-7-6-8-13(14)24-3/h6-9,12H,4-5,10-11H2,1-3H3,(H,20,23). The summed E-state index contributed by atoms with van der Waals surface area (Å²) < 4.78 is 12.0. The molecular formula is C19H23N3O3S2. The fourth-order valence-corrected chi connectivity index (χ4v) is 4.87. The zero-order valence-electron chi connectivity index (χ0n) is 15.7. The third-order valence-electron chi connectivity index (χ3n) is 4.05. The first-order chi connectivity index (χ1) is 13.2. The van der Waals surface area contributed by atoms with Gasteiger partial charge in [0.15, 0.2) is 16.6 Å². The third kappa shape index (κ3) is 4.51. The molecule has 27 heavy (non-hydrogen) atoms. The van der Waals surface area contributed by atoms with E-state index in [1.54, 1.807) is 18.4 Å². The summed E-state index contributed by atoms with van der Waals surface area (Å²) in [6, 6.07) is 9.36. The van der Waals surface area contributed by atoms with E-state index in [0.717, 1.165) is 27.8 Å². The topological polar surface area (TPSA) is 63.7 Å². The van der Waals surface area contributed by atoms with Crippen LogP contribution in [-0.2, 0) is 0 Å². The van der Waals surface area contributed by atoms with Crippen LogP contribution in [0.25, 0.3) is 9.53 Å². The Labute approximate surface area is 166 Å². The van der Waals surface area contributed by atoms with Crippen molar-refractivity contribution in [1.29, 1.82) is 0 Å². The second kappa shape index (κ2) is 9.05. The Morgan fingerprint density at radius 2 is 1.93 bits per heavy atom. The van der Waals surface area contributed by atoms with Gasteiger partial charge >= 0.3 is 0 Å². The van der Waals surface area contributed by atoms with Gasteiger partial charge in [-0.05, 0) is 32.0 Å². The summed E-state index contributed by atoms with van der Waals surface area (Å²) in [5.74, 6) is 1.25. The molecule has 0 aliphatic carbocycles. The van der Waals surface area contributed by atoms with Crippen LogP contribution in [0.1, 0.15) is 23.5 Å². The van der Waals surface area contributed by atoms with Crippen molar-refractivity contribution >= 4 is 43.2 Å². The monoisotopic (exact) mass is 405 g/mol. The number of carbonyl (C=O) groups is 1. The second-order valence-electron chi connectivity index (χ2n) is 5.70. The largest absolute Gasteiger partial charge is 0.493 e. The van der Waals surface area contributed by atoms with Crippen molar-refractivity contribution in [3.63, 3.8) is 0 Å². The zero-order chi connectivity index (χ0) is 19.2. The van der Waals surface area contributed by atoms with Crippen molar-refractivity contribution in [1.82, 2.24) is 10.3 Å². The van der Waals surface area contributed by atoms with Crippen LogP contribution < -0.4 is 19.7 Å². The number of carbonyl (C=O) groups excluding carboxylic acids is 1. The van der Waals surface area contributed by atoms with E-state index in [9.17, 15) is 4.79 Å². The summed E-state index contributed by atoms with van der Waals surface area (Å²) in [7, 11) is 1.60. The molecule has 0 aliphatic rings. The number of anilines is 1. The number of methoxy groups -OCH3 is 1. The fourth-order valence-electron chi connectivity index (χ4n) is 2.62. The highest BCUT2D eigenvalue weighted by Gasteiger charge is 2.15. The van der Waals surface area contributed by atoms with E-state index < -0.39 is 0 Å². The molecule has 6 nitrogen and oxygen atoms in total. The summed E-state index contributed by atoms with van der Waals surface area (Å²) in [6.07, 6.45) is 0. The van der Waals surface area contributed by atoms with Crippen LogP contribution in [0.3, 0.4) is 0 Å². The number of aromatic nitrogens is 1. The van der Waals surface area contributed by atoms with Crippen molar-refractivity contribution in [3.8, 4) is 11.5 Å². The molecule has 3 rings (SSSR count). The van der Waals surface area contributed by atoms with Gasteiger partial charge in [0.25, 0.3) is 5.91 Å². The van der Waals surface area contributed by atoms with E-state index in [-0.39, 0.29) is 5.91 Å². The predicted molar refractivity (Wildman–Crippen MR) is 112 cm³/mol. The van der Waals surface area contributed by atoms with Gasteiger partial charge in [-0.3, -0.25) is 4.79 Å². The van der Waals surface area contributed by atoms with Crippen molar-refractivity contribution < 1.29 is 14.3 Å². The van der Waals surface area contributed by atoms with Gasteiger partial charge in [-0.2, -0.15) is 0 Å². The molecule has 8 heteroatoms. The van der Waals surface area contributed by atoms with Gasteiger partial charge in [-0.1, -0.05) is 23.5 Å². The van der Waals surface area contributed by atoms with Crippen LogP contribution in [0.15, 0.2) is 30.3 Å². The third-order valence-corrected chi connectivity index (χ3v) is 6.27. The summed E-state index contributed by atoms with van der Waals surface area (Å²) in [5.41, 5.74) is 0. The van der Waals surface area contributed by atoms with Gasteiger partial charge in [0.05, 0.1) is 23.2 Å². The lowest BCUT2D eigenvalue weighted by molar-refractivity contribution is 0.0951. The molecule has 1 aromatic carbocycles. The summed E-state index contributed by atoms with van der Waals surface area (Å²) in [5, 5.41) is 3.90. The van der Waals surface area contributed by atoms with Crippen LogP contribution >= 0.6 is 22.7 Å². The van der Waals surface area contributed by atoms with E-state index in [4.69, 9.17) is 9.47 Å². The van der Waals surface area contributed by atoms with Crippen molar-refractivity contribution in [3.05, 3.63) is 35.2 Å². The number of para-hydroxylation sites is 2. The van der Waals surface area contributed by atoms with Crippen molar-refractivity contribution in [2.24, 2.45) is 0 Å². The molecule has 0 unspecified atom stereocenters. The highest BCUT2D eigenvalue weighted by molar-refractivity contribution is 7.29. The molecule has 3 aromatic rings. The summed E-state index contributed by atoms with van der Waals surface area (Å²) >= 11 is 3.05. The summed E-state index contributed by atoms with van der Waals surface area (Å²) in [6.45, 7) is 6.88. The fraction of sp³-hybridized carbons (Fsp3) is 0.368. The maximum absolute atomic E-state index is 12.4. The first kappa shape index (κ1) is 19.4. The Hall–Kier alpha value is -2.32. The molecule has 0 aliphatic heterocycles. The Bertz CT molecular complexity index is 871. The maximum atomic E-state index is 12.4. The molecule has 0 bridgehead atoms. The highest BCUT2D eigenvalue weighted by atomic mass is 32.1. The molecule has 0 atom stereocenters. The Balaban J connectivity index is 1.54. The number of rotatable bonds is 9. The number of ether oxygens (including phenoxy) is 2. The number of nitrogens with one attached hydrogen (secondary N) is 1. The molecule has 1 N–H and O–H groups in total. The van der Waals surface area contributed by atoms with Crippen LogP contribution in [0, 0.1) is 0 Å². The maximum Gasteiger partial charge on any atom is 0.261 e. The van der Waals surface area contributed by atoms with Crippen molar-refractivity contribution in [2.45, 2.75) is 13.8 Å². The van der Waals surface area contributed by atoms with E-state index in [0.29, 0.717) is 29.5 Å². The molecule has 2 heterocycles. The molecule has 0 spiro atoms. The van der Waals surface area contributed by atoms with E-state index in [1.165, 1.54) is 11.3 Å². The number of nitrogens with zero attached hydrogens (tertiary/aromatic N) is 2. The number of hydrogen-bond donors (Lipinski definition) is 1. The lowest BCUT2D eigenvalue weighted by Crippen LogP contribution is -2.27. The van der Waals surface area contributed by atoms with E-state index >= 15 is 0 Å². The minimum absolute atomic E-state index is 0.0989. The Kier molecular flexibility index (Phi) is 6.52. The number of benzene rings is 1. The van der Waals surface area contributed by atoms with Gasteiger partial charge < -0.3 is 19.7 Å². The van der Waals surface area contributed by atoms with Crippen LogP contribution in [0.4, 0.5) is 5.13 Å². The lowest BCUT2D eigenvalue weighted by atomic mass is 10.3. The zero-order valence-corrected chi connectivity index (χ0v) is 17.3. The van der Waals surface area contributed by atoms with Gasteiger partial charge in [0.1, 0.15) is 11.4 Å². The minimum atomic E-state index is -0.0989. The van der Waals surface area contributed by atoms with Crippen LogP contribution in [-0.4, -0.2) is 44.2 Å². The van der Waals surface area contributed by atoms with E-state index in [2.05, 4.69) is 29.0 Å². The second-order valence-corrected chi connectivity index (χ2v) is 7.74. The molecular weight excluding hydrogens is 382 g/mol. The number of fused-ring (bicyclic) bond motifs is 1. The Morgan fingerprint density at radius 3 is 2.59 bits per heavy atom. The average Bonchev–Trinajstić information content (AvgIpc) is 3.25. The predicted octanol–water partition coefficient (Wildman–Crippen LogP) is 4.02. The molecule has 144 valence electrons. The molecule has 2 aromatic heterocycles. The van der Waals surface area contributed by atoms with Gasteiger partial charge in [0.2, 0.25) is 0 Å². The van der Waals surface area contributed by atoms with E-state index in [1.807, 2.05) is 30.3 Å². The van der Waals surface area contributed by atoms with Crippen LogP contribution in [0.5, 0.6) is 11.5 Å². The number of hydrogen-bond acceptors (Lipinski definition) is 7. The minimum Gasteiger partial charge on any atom is -0.493 e. The quantitative estimate of drug-likeness (QED) is 0.545. The van der Waals surface area contributed by atoms with Gasteiger partial charge in [0, 0.05) is 13.1 Å². The Morgan fingerprint density at radius 1 is 1.19 bits per heavy atom. The normalized spacial score (nSPS) is 10.8.